The smallest absolute Gasteiger partial charge is 0.166 e. The number of aromatic hydroxyl groups is 1. The Morgan fingerprint density at radius 1 is 1.50 bits per heavy atom. The number of hydrogen-bond acceptors (Lipinski definition) is 4. The number of phenolic OH excluding ortho intramolecular Hbond substituents is 1. The number of phenols is 1. The number of aldehydes is 1. The zero-order valence-electron chi connectivity index (χ0n) is 7.36. The maximum absolute atomic E-state index is 10.6. The maximum Gasteiger partial charge on any atom is 0.166 e. The van der Waals surface area contributed by atoms with Crippen molar-refractivity contribution < 1.29 is 9.90 Å². The van der Waals surface area contributed by atoms with E-state index in [0.29, 0.717) is 11.4 Å². The van der Waals surface area contributed by atoms with Gasteiger partial charge in [0.1, 0.15) is 5.75 Å². The fourth-order valence-electron chi connectivity index (χ4n) is 1.30. The molecule has 0 saturated carbocycles. The normalized spacial score (nSPS) is 14.7. The van der Waals surface area contributed by atoms with Crippen LogP contribution in [0.4, 0.5) is 5.69 Å². The molecular formula is C10H9NO2S. The van der Waals surface area contributed by atoms with Crippen LogP contribution in [0.15, 0.2) is 29.3 Å². The molecular weight excluding hydrogens is 198 g/mol. The average Bonchev–Trinajstić information content (AvgIpc) is 2.40. The van der Waals surface area contributed by atoms with Gasteiger partial charge in [-0.1, -0.05) is 6.07 Å². The summed E-state index contributed by atoms with van der Waals surface area (Å²) in [6.07, 6.45) is 0.770. The quantitative estimate of drug-likeness (QED) is 0.692. The molecule has 1 aliphatic heterocycles. The number of rotatable bonds is 1. The summed E-state index contributed by atoms with van der Waals surface area (Å²) in [5.41, 5.74) is 2.17. The maximum atomic E-state index is 10.6. The van der Waals surface area contributed by atoms with Gasteiger partial charge in [-0.15, -0.1) is 11.8 Å². The Bertz CT molecular complexity index is 401. The zero-order chi connectivity index (χ0) is 9.97. The highest BCUT2D eigenvalue weighted by Crippen LogP contribution is 2.33. The van der Waals surface area contributed by atoms with Crippen LogP contribution < -0.4 is 5.32 Å². The number of fused-ring (bicyclic) bond motifs is 1. The molecule has 0 fully saturated rings. The van der Waals surface area contributed by atoms with Gasteiger partial charge < -0.3 is 10.4 Å². The molecule has 4 heteroatoms. The van der Waals surface area contributed by atoms with Crippen molar-refractivity contribution in [2.24, 2.45) is 0 Å². The van der Waals surface area contributed by atoms with Crippen LogP contribution in [-0.4, -0.2) is 11.4 Å². The summed E-state index contributed by atoms with van der Waals surface area (Å²) in [6.45, 7) is 0. The monoisotopic (exact) mass is 207 g/mol. The van der Waals surface area contributed by atoms with Crippen molar-refractivity contribution in [1.82, 2.24) is 0 Å². The summed E-state index contributed by atoms with van der Waals surface area (Å²) in [5, 5.41) is 14.3. The van der Waals surface area contributed by atoms with Crippen molar-refractivity contribution in [1.29, 1.82) is 0 Å². The number of nitrogens with one attached hydrogen (secondary N) is 1. The van der Waals surface area contributed by atoms with Crippen LogP contribution in [0.5, 0.6) is 5.75 Å². The van der Waals surface area contributed by atoms with Crippen molar-refractivity contribution in [3.63, 3.8) is 0 Å². The SMILES string of the molecule is O=CC1=CSCc2c(O)cccc2N1. The lowest BCUT2D eigenvalue weighted by Gasteiger charge is -2.08. The van der Waals surface area contributed by atoms with E-state index in [4.69, 9.17) is 0 Å². The third-order valence-corrected chi connectivity index (χ3v) is 2.87. The second-order valence-electron chi connectivity index (χ2n) is 2.93. The molecule has 2 N–H and O–H groups in total. The summed E-state index contributed by atoms with van der Waals surface area (Å²) in [4.78, 5) is 10.6. The highest BCUT2D eigenvalue weighted by Gasteiger charge is 2.11. The molecule has 1 aromatic rings. The minimum absolute atomic E-state index is 0.267. The molecule has 0 amide bonds. The number of carbonyl (C=O) groups is 1. The van der Waals surface area contributed by atoms with E-state index in [1.807, 2.05) is 6.07 Å². The summed E-state index contributed by atoms with van der Waals surface area (Å²) in [6, 6.07) is 5.24. The first-order valence-corrected chi connectivity index (χ1v) is 5.21. The van der Waals surface area contributed by atoms with E-state index in [0.717, 1.165) is 17.5 Å². The minimum atomic E-state index is 0.267. The van der Waals surface area contributed by atoms with E-state index in [1.54, 1.807) is 17.5 Å². The van der Waals surface area contributed by atoms with Crippen molar-refractivity contribution in [3.8, 4) is 5.75 Å². The molecule has 0 atom stereocenters. The second kappa shape index (κ2) is 3.75. The van der Waals surface area contributed by atoms with Gasteiger partial charge in [0.2, 0.25) is 0 Å². The third-order valence-electron chi connectivity index (χ3n) is 2.00. The first-order chi connectivity index (χ1) is 6.81. The van der Waals surface area contributed by atoms with Gasteiger partial charge in [-0.25, -0.2) is 0 Å². The molecule has 2 rings (SSSR count). The predicted octanol–water partition coefficient (Wildman–Crippen LogP) is 2.09. The summed E-state index contributed by atoms with van der Waals surface area (Å²) in [5.74, 6) is 0.940. The number of hydrogen-bond donors (Lipinski definition) is 2. The second-order valence-corrected chi connectivity index (χ2v) is 3.79. The minimum Gasteiger partial charge on any atom is -0.508 e. The molecule has 1 heterocycles. The average molecular weight is 207 g/mol. The molecule has 0 unspecified atom stereocenters. The summed E-state index contributed by atoms with van der Waals surface area (Å²) in [7, 11) is 0. The molecule has 0 radical (unpaired) electrons. The van der Waals surface area contributed by atoms with Crippen molar-refractivity contribution in [2.45, 2.75) is 5.75 Å². The molecule has 72 valence electrons. The van der Waals surface area contributed by atoms with E-state index in [9.17, 15) is 9.90 Å². The Hall–Kier alpha value is -1.42. The number of thioether (sulfide) groups is 1. The Kier molecular flexibility index (Phi) is 2.45. The van der Waals surface area contributed by atoms with Gasteiger partial charge in [0.05, 0.1) is 5.70 Å². The molecule has 0 bridgehead atoms. The number of allylic oxidation sites excluding steroid dienone is 1. The predicted molar refractivity (Wildman–Crippen MR) is 57.2 cm³/mol. The van der Waals surface area contributed by atoms with Gasteiger partial charge in [0.25, 0.3) is 0 Å². The van der Waals surface area contributed by atoms with Crippen LogP contribution in [-0.2, 0) is 10.5 Å². The van der Waals surface area contributed by atoms with Gasteiger partial charge in [-0.3, -0.25) is 4.79 Å². The van der Waals surface area contributed by atoms with Crippen molar-refractivity contribution in [3.05, 3.63) is 34.9 Å². The van der Waals surface area contributed by atoms with Gasteiger partial charge in [0, 0.05) is 17.0 Å². The Labute approximate surface area is 85.8 Å². The van der Waals surface area contributed by atoms with Gasteiger partial charge in [-0.05, 0) is 17.5 Å². The number of anilines is 1. The number of benzene rings is 1. The summed E-state index contributed by atoms with van der Waals surface area (Å²) >= 11 is 1.49. The van der Waals surface area contributed by atoms with Gasteiger partial charge >= 0.3 is 0 Å². The molecule has 0 spiro atoms. The highest BCUT2D eigenvalue weighted by atomic mass is 32.2. The molecule has 14 heavy (non-hydrogen) atoms. The van der Waals surface area contributed by atoms with Gasteiger partial charge in [-0.2, -0.15) is 0 Å². The van der Waals surface area contributed by atoms with Crippen molar-refractivity contribution in [2.75, 3.05) is 5.32 Å². The highest BCUT2D eigenvalue weighted by molar-refractivity contribution is 8.01. The molecule has 1 aromatic carbocycles. The first-order valence-electron chi connectivity index (χ1n) is 4.16. The van der Waals surface area contributed by atoms with Crippen LogP contribution in [0.2, 0.25) is 0 Å². The molecule has 0 aromatic heterocycles. The molecule has 3 nitrogen and oxygen atoms in total. The van der Waals surface area contributed by atoms with E-state index < -0.39 is 0 Å². The topological polar surface area (TPSA) is 49.3 Å². The Balaban J connectivity index is 2.43. The van der Waals surface area contributed by atoms with Crippen LogP contribution in [0.25, 0.3) is 0 Å². The van der Waals surface area contributed by atoms with E-state index in [2.05, 4.69) is 5.32 Å². The fraction of sp³-hybridized carbons (Fsp3) is 0.100. The van der Waals surface area contributed by atoms with Crippen LogP contribution in [0.1, 0.15) is 5.56 Å². The van der Waals surface area contributed by atoms with Gasteiger partial charge in [0.15, 0.2) is 6.29 Å². The standard InChI is InChI=1S/C10H9NO2S/c12-4-7-5-14-6-8-9(11-7)2-1-3-10(8)13/h1-5,11,13H,6H2. The lowest BCUT2D eigenvalue weighted by atomic mass is 10.2. The molecule has 0 aliphatic carbocycles. The van der Waals surface area contributed by atoms with E-state index in [1.165, 1.54) is 11.8 Å². The van der Waals surface area contributed by atoms with Crippen LogP contribution >= 0.6 is 11.8 Å². The zero-order valence-corrected chi connectivity index (χ0v) is 8.17. The Morgan fingerprint density at radius 2 is 2.36 bits per heavy atom. The first kappa shape index (κ1) is 9.15. The van der Waals surface area contributed by atoms with Crippen molar-refractivity contribution >= 4 is 23.7 Å². The van der Waals surface area contributed by atoms with Crippen LogP contribution in [0.3, 0.4) is 0 Å². The lowest BCUT2D eigenvalue weighted by Crippen LogP contribution is -2.00. The summed E-state index contributed by atoms with van der Waals surface area (Å²) < 4.78 is 0. The van der Waals surface area contributed by atoms with Crippen LogP contribution in [0, 0.1) is 0 Å². The molecule has 1 aliphatic rings. The fourth-order valence-corrected chi connectivity index (χ4v) is 2.15. The lowest BCUT2D eigenvalue weighted by molar-refractivity contribution is -0.104. The van der Waals surface area contributed by atoms with E-state index >= 15 is 0 Å². The Morgan fingerprint density at radius 3 is 3.14 bits per heavy atom. The largest absolute Gasteiger partial charge is 0.508 e. The molecule has 0 saturated heterocycles. The number of carbonyl (C=O) groups excluding carboxylic acids is 1. The third kappa shape index (κ3) is 1.61. The van der Waals surface area contributed by atoms with E-state index in [-0.39, 0.29) is 5.75 Å².